The number of nitrogens with zero attached hydrogens (tertiary/aromatic N) is 3. The smallest absolute Gasteiger partial charge is 0.342 e. The second-order valence-corrected chi connectivity index (χ2v) is 4.47. The predicted octanol–water partition coefficient (Wildman–Crippen LogP) is 2.44. The number of nitro benzene ring substituents is 1. The van der Waals surface area contributed by atoms with Gasteiger partial charge in [0.2, 0.25) is 0 Å². The molecule has 1 aromatic heterocycles. The molecule has 2 rings (SSSR count). The van der Waals surface area contributed by atoms with Crippen molar-refractivity contribution in [3.8, 4) is 11.5 Å². The zero-order chi connectivity index (χ0) is 15.7. The van der Waals surface area contributed by atoms with Crippen molar-refractivity contribution in [1.82, 2.24) is 9.78 Å². The van der Waals surface area contributed by atoms with Crippen molar-refractivity contribution >= 4 is 11.7 Å². The predicted molar refractivity (Wildman–Crippen MR) is 72.8 cm³/mol. The summed E-state index contributed by atoms with van der Waals surface area (Å²) in [6, 6.07) is 3.60. The summed E-state index contributed by atoms with van der Waals surface area (Å²) in [5, 5.41) is 24.0. The minimum absolute atomic E-state index is 0.206. The average Bonchev–Trinajstić information content (AvgIpc) is 2.65. The molecule has 8 nitrogen and oxygen atoms in total. The largest absolute Gasteiger partial charge is 0.477 e. The van der Waals surface area contributed by atoms with Gasteiger partial charge in [-0.3, -0.25) is 14.8 Å². The molecule has 110 valence electrons. The molecule has 0 saturated carbocycles. The van der Waals surface area contributed by atoms with Crippen molar-refractivity contribution in [2.24, 2.45) is 7.05 Å². The molecule has 1 aromatic carbocycles. The lowest BCUT2D eigenvalue weighted by Crippen LogP contribution is -2.03. The van der Waals surface area contributed by atoms with E-state index >= 15 is 0 Å². The van der Waals surface area contributed by atoms with Crippen LogP contribution in [0.5, 0.6) is 11.5 Å². The third-order valence-corrected chi connectivity index (χ3v) is 3.06. The fourth-order valence-electron chi connectivity index (χ4n) is 1.93. The van der Waals surface area contributed by atoms with Crippen molar-refractivity contribution in [1.29, 1.82) is 0 Å². The summed E-state index contributed by atoms with van der Waals surface area (Å²) in [5.74, 6) is -0.674. The fraction of sp³-hybridized carbons (Fsp3) is 0.231. The van der Waals surface area contributed by atoms with E-state index in [0.717, 1.165) is 17.8 Å². The van der Waals surface area contributed by atoms with Crippen LogP contribution >= 0.6 is 0 Å². The number of carboxylic acids is 1. The average molecular weight is 291 g/mol. The van der Waals surface area contributed by atoms with E-state index in [1.165, 1.54) is 6.07 Å². The third-order valence-electron chi connectivity index (χ3n) is 3.06. The lowest BCUT2D eigenvalue weighted by Gasteiger charge is -2.07. The lowest BCUT2D eigenvalue weighted by atomic mass is 10.1. The summed E-state index contributed by atoms with van der Waals surface area (Å²) < 4.78 is 7.25. The molecule has 0 aliphatic carbocycles. The van der Waals surface area contributed by atoms with Gasteiger partial charge in [-0.1, -0.05) is 0 Å². The highest BCUT2D eigenvalue weighted by atomic mass is 16.6. The molecule has 0 spiro atoms. The molecular formula is C13H13N3O5. The van der Waals surface area contributed by atoms with Gasteiger partial charge in [0.05, 0.1) is 10.6 Å². The lowest BCUT2D eigenvalue weighted by molar-refractivity contribution is -0.385. The Kier molecular flexibility index (Phi) is 3.62. The molecule has 0 radical (unpaired) electrons. The van der Waals surface area contributed by atoms with E-state index in [0.29, 0.717) is 11.4 Å². The van der Waals surface area contributed by atoms with E-state index in [4.69, 9.17) is 9.84 Å². The highest BCUT2D eigenvalue weighted by Crippen LogP contribution is 2.31. The van der Waals surface area contributed by atoms with Gasteiger partial charge < -0.3 is 9.84 Å². The second-order valence-electron chi connectivity index (χ2n) is 4.47. The number of aromatic nitrogens is 2. The van der Waals surface area contributed by atoms with Crippen molar-refractivity contribution < 1.29 is 19.6 Å². The first-order chi connectivity index (χ1) is 9.81. The number of nitro groups is 1. The Morgan fingerprint density at radius 3 is 2.57 bits per heavy atom. The Hall–Kier alpha value is -2.90. The van der Waals surface area contributed by atoms with Gasteiger partial charge in [-0.05, 0) is 19.9 Å². The van der Waals surface area contributed by atoms with Crippen LogP contribution in [0, 0.1) is 24.0 Å². The number of carboxylic acid groups (broad SMARTS) is 1. The summed E-state index contributed by atoms with van der Waals surface area (Å²) in [7, 11) is 1.76. The van der Waals surface area contributed by atoms with Gasteiger partial charge in [-0.15, -0.1) is 0 Å². The van der Waals surface area contributed by atoms with Gasteiger partial charge in [0.25, 0.3) is 5.69 Å². The fourth-order valence-corrected chi connectivity index (χ4v) is 1.93. The molecule has 0 amide bonds. The van der Waals surface area contributed by atoms with Gasteiger partial charge in [0.1, 0.15) is 17.0 Å². The van der Waals surface area contributed by atoms with E-state index in [1.54, 1.807) is 25.6 Å². The molecule has 8 heteroatoms. The standard InChI is InChI=1S/C13H13N3O5/c1-7-12(8(2)15(3)14-7)21-9-4-5-11(16(19)20)10(6-9)13(17)18/h4-6H,1-3H3,(H,17,18). The van der Waals surface area contributed by atoms with Crippen LogP contribution in [-0.4, -0.2) is 25.8 Å². The number of hydrogen-bond donors (Lipinski definition) is 1. The van der Waals surface area contributed by atoms with Crippen molar-refractivity contribution in [2.75, 3.05) is 0 Å². The van der Waals surface area contributed by atoms with Crippen LogP contribution in [-0.2, 0) is 7.05 Å². The minimum atomic E-state index is -1.38. The molecule has 1 heterocycles. The molecule has 0 unspecified atom stereocenters. The van der Waals surface area contributed by atoms with Crippen molar-refractivity contribution in [3.63, 3.8) is 0 Å². The molecule has 21 heavy (non-hydrogen) atoms. The molecule has 0 bridgehead atoms. The first kappa shape index (κ1) is 14.5. The molecular weight excluding hydrogens is 278 g/mol. The molecule has 1 N–H and O–H groups in total. The van der Waals surface area contributed by atoms with Crippen LogP contribution in [0.4, 0.5) is 5.69 Å². The number of ether oxygens (including phenoxy) is 1. The Bertz CT molecular complexity index is 736. The molecule has 0 fully saturated rings. The third kappa shape index (κ3) is 2.69. The first-order valence-electron chi connectivity index (χ1n) is 6.01. The van der Waals surface area contributed by atoms with Gasteiger partial charge in [-0.2, -0.15) is 5.10 Å². The van der Waals surface area contributed by atoms with Crippen LogP contribution in [0.15, 0.2) is 18.2 Å². The van der Waals surface area contributed by atoms with E-state index in [-0.39, 0.29) is 5.75 Å². The summed E-state index contributed by atoms with van der Waals surface area (Å²) in [5.41, 5.74) is 0.513. The Morgan fingerprint density at radius 1 is 1.43 bits per heavy atom. The molecule has 0 atom stereocenters. The molecule has 0 saturated heterocycles. The summed E-state index contributed by atoms with van der Waals surface area (Å²) in [6.07, 6.45) is 0. The van der Waals surface area contributed by atoms with Gasteiger partial charge in [-0.25, -0.2) is 4.79 Å². The van der Waals surface area contributed by atoms with Crippen molar-refractivity contribution in [2.45, 2.75) is 13.8 Å². The monoisotopic (exact) mass is 291 g/mol. The van der Waals surface area contributed by atoms with Crippen molar-refractivity contribution in [3.05, 3.63) is 45.3 Å². The maximum absolute atomic E-state index is 11.1. The second kappa shape index (κ2) is 5.23. The summed E-state index contributed by atoms with van der Waals surface area (Å²) >= 11 is 0. The van der Waals surface area contributed by atoms with Gasteiger partial charge in [0.15, 0.2) is 5.75 Å². The number of aryl methyl sites for hydroxylation is 2. The Balaban J connectivity index is 2.44. The Labute approximate surface area is 119 Å². The zero-order valence-corrected chi connectivity index (χ0v) is 11.7. The number of aromatic carboxylic acids is 1. The minimum Gasteiger partial charge on any atom is -0.477 e. The highest BCUT2D eigenvalue weighted by molar-refractivity contribution is 5.92. The normalized spacial score (nSPS) is 10.4. The Morgan fingerprint density at radius 2 is 2.10 bits per heavy atom. The topological polar surface area (TPSA) is 107 Å². The maximum atomic E-state index is 11.1. The maximum Gasteiger partial charge on any atom is 0.342 e. The van der Waals surface area contributed by atoms with Crippen LogP contribution in [0.2, 0.25) is 0 Å². The van der Waals surface area contributed by atoms with E-state index in [2.05, 4.69) is 5.10 Å². The molecule has 0 aliphatic heterocycles. The number of benzene rings is 1. The summed E-state index contributed by atoms with van der Waals surface area (Å²) in [4.78, 5) is 21.1. The first-order valence-corrected chi connectivity index (χ1v) is 6.01. The van der Waals surface area contributed by atoms with Crippen LogP contribution in [0.3, 0.4) is 0 Å². The van der Waals surface area contributed by atoms with Crippen LogP contribution in [0.25, 0.3) is 0 Å². The van der Waals surface area contributed by atoms with Gasteiger partial charge >= 0.3 is 5.97 Å². The highest BCUT2D eigenvalue weighted by Gasteiger charge is 2.21. The van der Waals surface area contributed by atoms with Crippen LogP contribution in [0.1, 0.15) is 21.7 Å². The number of hydrogen-bond acceptors (Lipinski definition) is 5. The zero-order valence-electron chi connectivity index (χ0n) is 11.7. The quantitative estimate of drug-likeness (QED) is 0.684. The SMILES string of the molecule is Cc1nn(C)c(C)c1Oc1ccc([N+](=O)[O-])c(C(=O)O)c1. The van der Waals surface area contributed by atoms with Gasteiger partial charge in [0, 0.05) is 19.2 Å². The molecule has 0 aliphatic rings. The van der Waals surface area contributed by atoms with E-state index in [1.807, 2.05) is 0 Å². The van der Waals surface area contributed by atoms with Crippen LogP contribution < -0.4 is 4.74 Å². The number of carbonyl (C=O) groups is 1. The number of rotatable bonds is 4. The van der Waals surface area contributed by atoms with E-state index in [9.17, 15) is 14.9 Å². The summed E-state index contributed by atoms with van der Waals surface area (Å²) in [6.45, 7) is 3.56. The molecule has 2 aromatic rings. The van der Waals surface area contributed by atoms with E-state index < -0.39 is 22.1 Å².